The number of aromatic hydroxyl groups is 1. The lowest BCUT2D eigenvalue weighted by Crippen LogP contribution is -2.12. The number of carbonyl (C=O) groups is 1. The highest BCUT2D eigenvalue weighted by Gasteiger charge is 2.17. The van der Waals surface area contributed by atoms with Crippen LogP contribution in [0.5, 0.6) is 5.75 Å². The molecule has 21 heavy (non-hydrogen) atoms. The fourth-order valence-electron chi connectivity index (χ4n) is 1.75. The Labute approximate surface area is 125 Å². The van der Waals surface area contributed by atoms with E-state index in [2.05, 4.69) is 5.32 Å². The van der Waals surface area contributed by atoms with Crippen molar-refractivity contribution in [2.24, 2.45) is 0 Å². The van der Waals surface area contributed by atoms with Crippen LogP contribution in [0, 0.1) is 11.8 Å². The van der Waals surface area contributed by atoms with E-state index in [9.17, 15) is 14.8 Å². The minimum absolute atomic E-state index is 0.0589. The number of hydrogen-bond donors (Lipinski definition) is 3. The van der Waals surface area contributed by atoms with E-state index in [0.717, 1.165) is 5.56 Å². The van der Waals surface area contributed by atoms with Crippen LogP contribution in [-0.4, -0.2) is 21.1 Å². The maximum absolute atomic E-state index is 12.1. The number of amides is 1. The highest BCUT2D eigenvalue weighted by Crippen LogP contribution is 2.28. The third kappa shape index (κ3) is 3.29. The Balaban J connectivity index is 2.27. The molecule has 0 atom stereocenters. The molecule has 0 radical (unpaired) electrons. The average molecular weight is 308 g/mol. The van der Waals surface area contributed by atoms with Gasteiger partial charge in [-0.05, 0) is 25.1 Å². The molecule has 0 fully saturated rings. The molecule has 2 aromatic carbocycles. The van der Waals surface area contributed by atoms with Crippen LogP contribution in [-0.2, 0) is 0 Å². The molecule has 108 valence electrons. The predicted molar refractivity (Wildman–Crippen MR) is 77.3 cm³/mol. The van der Waals surface area contributed by atoms with Gasteiger partial charge in [-0.2, -0.15) is 0 Å². The van der Waals surface area contributed by atoms with Crippen molar-refractivity contribution in [3.8, 4) is 5.75 Å². The van der Waals surface area contributed by atoms with E-state index in [0.29, 0.717) is 0 Å². The van der Waals surface area contributed by atoms with E-state index in [4.69, 9.17) is 16.8 Å². The number of carbonyl (C=O) groups excluding carboxylic acids is 1. The Kier molecular flexibility index (Phi) is 4.09. The second-order valence-corrected chi connectivity index (χ2v) is 4.82. The summed E-state index contributed by atoms with van der Waals surface area (Å²) < 4.78 is 0. The predicted octanol–water partition coefficient (Wildman–Crippen LogP) is 3.41. The number of benzene rings is 2. The van der Waals surface area contributed by atoms with Gasteiger partial charge in [-0.25, -0.2) is 5.21 Å². The first-order chi connectivity index (χ1) is 9.88. The summed E-state index contributed by atoms with van der Waals surface area (Å²) in [6.07, 6.45) is 0. The second-order valence-electron chi connectivity index (χ2n) is 4.41. The molecule has 2 aromatic rings. The second kappa shape index (κ2) is 5.80. The number of phenolic OH excluding ortho intramolecular Hbond substituents is 1. The van der Waals surface area contributed by atoms with Gasteiger partial charge in [-0.3, -0.25) is 4.79 Å². The number of rotatable bonds is 3. The molecule has 6 nitrogen and oxygen atoms in total. The molecular formula is C14H12ClN2O4+. The third-order valence-corrected chi connectivity index (χ3v) is 3.13. The molecule has 0 saturated heterocycles. The highest BCUT2D eigenvalue weighted by molar-refractivity contribution is 6.34. The van der Waals surface area contributed by atoms with Crippen molar-refractivity contribution in [2.75, 3.05) is 5.32 Å². The fourth-order valence-corrected chi connectivity index (χ4v) is 1.97. The maximum atomic E-state index is 12.1. The minimum atomic E-state index is -0.533. The topological polar surface area (TPSA) is 89.6 Å². The molecule has 0 heterocycles. The molecule has 0 bridgehead atoms. The lowest BCUT2D eigenvalue weighted by atomic mass is 10.1. The van der Waals surface area contributed by atoms with E-state index >= 15 is 0 Å². The van der Waals surface area contributed by atoms with Crippen molar-refractivity contribution in [1.82, 2.24) is 0 Å². The average Bonchev–Trinajstić information content (AvgIpc) is 2.43. The van der Waals surface area contributed by atoms with Crippen molar-refractivity contribution in [3.05, 3.63) is 57.5 Å². The monoisotopic (exact) mass is 307 g/mol. The van der Waals surface area contributed by atoms with Crippen molar-refractivity contribution >= 4 is 28.9 Å². The number of hydrogen-bond acceptors (Lipinski definition) is 3. The Bertz CT molecular complexity index is 731. The Morgan fingerprint density at radius 3 is 2.57 bits per heavy atom. The van der Waals surface area contributed by atoms with Gasteiger partial charge in [0, 0.05) is 12.1 Å². The zero-order chi connectivity index (χ0) is 15.6. The number of phenols is 1. The van der Waals surface area contributed by atoms with Gasteiger partial charge in [0.15, 0.2) is 0 Å². The van der Waals surface area contributed by atoms with Crippen LogP contribution in [0.2, 0.25) is 5.02 Å². The van der Waals surface area contributed by atoms with E-state index < -0.39 is 5.91 Å². The van der Waals surface area contributed by atoms with Crippen LogP contribution in [0.1, 0.15) is 15.9 Å². The quantitative estimate of drug-likeness (QED) is 0.758. The van der Waals surface area contributed by atoms with Crippen molar-refractivity contribution in [1.29, 1.82) is 0 Å². The van der Waals surface area contributed by atoms with Gasteiger partial charge in [0.2, 0.25) is 0 Å². The molecule has 0 saturated carbocycles. The van der Waals surface area contributed by atoms with Gasteiger partial charge in [-0.1, -0.05) is 23.2 Å². The number of aryl methyl sites for hydroxylation is 1. The van der Waals surface area contributed by atoms with Crippen molar-refractivity contribution in [3.63, 3.8) is 0 Å². The Hall–Kier alpha value is -2.60. The first-order valence-corrected chi connectivity index (χ1v) is 6.33. The molecule has 0 unspecified atom stereocenters. The van der Waals surface area contributed by atoms with E-state index in [1.807, 2.05) is 0 Å². The van der Waals surface area contributed by atoms with E-state index in [-0.39, 0.29) is 32.6 Å². The van der Waals surface area contributed by atoms with Gasteiger partial charge in [0.1, 0.15) is 5.75 Å². The van der Waals surface area contributed by atoms with Gasteiger partial charge < -0.3 is 10.4 Å². The number of nitrogens with one attached hydrogen (secondary N) is 1. The molecule has 0 aromatic heterocycles. The zero-order valence-corrected chi connectivity index (χ0v) is 11.8. The lowest BCUT2D eigenvalue weighted by Gasteiger charge is -2.08. The summed E-state index contributed by atoms with van der Waals surface area (Å²) in [5.74, 6) is -0.680. The summed E-state index contributed by atoms with van der Waals surface area (Å²) in [7, 11) is 0. The summed E-state index contributed by atoms with van der Waals surface area (Å²) >= 11 is 5.92. The van der Waals surface area contributed by atoms with Gasteiger partial charge in [0.25, 0.3) is 10.8 Å². The number of nitrogens with zero attached hydrogens (tertiary/aromatic N) is 1. The molecule has 3 N–H and O–H groups in total. The van der Waals surface area contributed by atoms with E-state index in [1.165, 1.54) is 24.3 Å². The van der Waals surface area contributed by atoms with Crippen LogP contribution in [0.4, 0.5) is 11.4 Å². The highest BCUT2D eigenvalue weighted by atomic mass is 35.5. The molecule has 7 heteroatoms. The standard InChI is InChI=1S/C14H11ClN2O4/c1-8-2-5-13(18)10(6-8)14(19)16-12-4-3-9(17(20)21)7-11(12)15/h2-7H,1H3,(H2-,16,18,19,20,21)/p+1. The van der Waals surface area contributed by atoms with Crippen LogP contribution in [0.3, 0.4) is 0 Å². The largest absolute Gasteiger partial charge is 0.507 e. The van der Waals surface area contributed by atoms with Crippen molar-refractivity contribution in [2.45, 2.75) is 6.92 Å². The molecule has 0 aliphatic carbocycles. The molecule has 2 rings (SSSR count). The molecule has 0 aliphatic heterocycles. The molecule has 1 amide bonds. The maximum Gasteiger partial charge on any atom is 0.318 e. The van der Waals surface area contributed by atoms with Gasteiger partial charge >= 0.3 is 5.69 Å². The summed E-state index contributed by atoms with van der Waals surface area (Å²) in [5.41, 5.74) is 1.13. The number of halogens is 1. The fraction of sp³-hybridized carbons (Fsp3) is 0.0714. The first kappa shape index (κ1) is 14.8. The molecule has 0 aliphatic rings. The van der Waals surface area contributed by atoms with Gasteiger partial charge in [0.05, 0.1) is 21.2 Å². The summed E-state index contributed by atoms with van der Waals surface area (Å²) in [4.78, 5) is 22.5. The summed E-state index contributed by atoms with van der Waals surface area (Å²) in [5, 5.41) is 21.1. The smallest absolute Gasteiger partial charge is 0.318 e. The summed E-state index contributed by atoms with van der Waals surface area (Å²) in [6, 6.07) is 8.53. The van der Waals surface area contributed by atoms with Crippen LogP contribution >= 0.6 is 11.6 Å². The SMILES string of the molecule is Cc1ccc(O)c(C(=O)Nc2ccc([N+](=O)O)cc2Cl)c1. The first-order valence-electron chi connectivity index (χ1n) is 5.95. The van der Waals surface area contributed by atoms with Crippen molar-refractivity contribution < 1.29 is 20.0 Å². The Morgan fingerprint density at radius 2 is 1.95 bits per heavy atom. The van der Waals surface area contributed by atoms with Crippen LogP contribution < -0.4 is 5.32 Å². The van der Waals surface area contributed by atoms with Crippen LogP contribution in [0.25, 0.3) is 0 Å². The van der Waals surface area contributed by atoms with E-state index in [1.54, 1.807) is 19.1 Å². The summed E-state index contributed by atoms with van der Waals surface area (Å²) in [6.45, 7) is 1.79. The zero-order valence-electron chi connectivity index (χ0n) is 11.0. The van der Waals surface area contributed by atoms with Crippen LogP contribution in [0.15, 0.2) is 36.4 Å². The number of anilines is 1. The normalized spacial score (nSPS) is 10.2. The molecular weight excluding hydrogens is 296 g/mol. The third-order valence-electron chi connectivity index (χ3n) is 2.82. The van der Waals surface area contributed by atoms with Gasteiger partial charge in [-0.15, -0.1) is 0 Å². The Morgan fingerprint density at radius 1 is 1.24 bits per heavy atom. The minimum Gasteiger partial charge on any atom is -0.507 e. The lowest BCUT2D eigenvalue weighted by molar-refractivity contribution is -0.729. The molecule has 0 spiro atoms.